The molecule has 2 saturated carbocycles. The first-order valence-electron chi connectivity index (χ1n) is 10.9. The van der Waals surface area contributed by atoms with E-state index in [1.165, 1.54) is 12.1 Å². The summed E-state index contributed by atoms with van der Waals surface area (Å²) < 4.78 is 43.6. The van der Waals surface area contributed by atoms with Gasteiger partial charge >= 0.3 is 12.1 Å². The number of benzene rings is 1. The summed E-state index contributed by atoms with van der Waals surface area (Å²) in [5.41, 5.74) is -0.893. The molecular weight excluding hydrogens is 413 g/mol. The van der Waals surface area contributed by atoms with Gasteiger partial charge in [0.15, 0.2) is 0 Å². The van der Waals surface area contributed by atoms with Gasteiger partial charge in [-0.15, -0.1) is 0 Å². The fraction of sp³-hybridized carbons (Fsp3) is 0.636. The number of ether oxygens (including phenoxy) is 1. The maximum atomic E-state index is 14.0. The first kappa shape index (κ1) is 20.8. The second-order valence-electron chi connectivity index (χ2n) is 9.04. The number of nitrogens with zero attached hydrogens (tertiary/aromatic N) is 2. The maximum absolute atomic E-state index is 14.0. The SMILES string of the molecule is CCOC(=O)C1C2CCC3C(c4ccc(C(F)(F)F)cc4)=NOC3([N+]3([O-])CCCC3)C21. The number of alkyl halides is 3. The monoisotopic (exact) mass is 438 g/mol. The number of hydroxylamine groups is 3. The van der Waals surface area contributed by atoms with Crippen LogP contribution in [0.3, 0.4) is 0 Å². The predicted octanol–water partition coefficient (Wildman–Crippen LogP) is 4.08. The third-order valence-electron chi connectivity index (χ3n) is 7.55. The van der Waals surface area contributed by atoms with E-state index in [1.807, 2.05) is 0 Å². The lowest BCUT2D eigenvalue weighted by molar-refractivity contribution is -0.955. The van der Waals surface area contributed by atoms with Crippen molar-refractivity contribution >= 4 is 11.7 Å². The smallest absolute Gasteiger partial charge is 0.416 e. The van der Waals surface area contributed by atoms with Crippen LogP contribution >= 0.6 is 0 Å². The molecule has 0 spiro atoms. The number of quaternary nitrogens is 1. The number of likely N-dealkylation sites (tertiary alicyclic amines) is 1. The minimum Gasteiger partial charge on any atom is -0.630 e. The predicted molar refractivity (Wildman–Crippen MR) is 104 cm³/mol. The molecule has 5 rings (SSSR count). The molecule has 2 aliphatic heterocycles. The maximum Gasteiger partial charge on any atom is 0.416 e. The second kappa shape index (κ2) is 6.93. The van der Waals surface area contributed by atoms with Crippen LogP contribution in [0, 0.1) is 28.9 Å². The van der Waals surface area contributed by atoms with Crippen LogP contribution in [0.1, 0.15) is 43.7 Å². The summed E-state index contributed by atoms with van der Waals surface area (Å²) in [6.45, 7) is 2.81. The molecule has 31 heavy (non-hydrogen) atoms. The van der Waals surface area contributed by atoms with Crippen molar-refractivity contribution in [1.29, 1.82) is 0 Å². The molecule has 4 aliphatic rings. The molecule has 0 aromatic heterocycles. The summed E-state index contributed by atoms with van der Waals surface area (Å²) in [5.74, 6) is -1.29. The van der Waals surface area contributed by atoms with Gasteiger partial charge in [-0.1, -0.05) is 17.3 Å². The first-order valence-corrected chi connectivity index (χ1v) is 10.9. The average Bonchev–Trinajstić information content (AvgIpc) is 3.08. The molecule has 2 heterocycles. The Morgan fingerprint density at radius 1 is 1.26 bits per heavy atom. The molecule has 0 radical (unpaired) electrons. The quantitative estimate of drug-likeness (QED) is 0.404. The number of oxime groups is 1. The number of fused-ring (bicyclic) bond motifs is 3. The summed E-state index contributed by atoms with van der Waals surface area (Å²) >= 11 is 0. The van der Waals surface area contributed by atoms with Crippen molar-refractivity contribution in [2.75, 3.05) is 19.7 Å². The van der Waals surface area contributed by atoms with Gasteiger partial charge in [0, 0.05) is 18.4 Å². The second-order valence-corrected chi connectivity index (χ2v) is 9.04. The Kier molecular flexibility index (Phi) is 4.64. The van der Waals surface area contributed by atoms with Gasteiger partial charge in [0.05, 0.1) is 37.1 Å². The van der Waals surface area contributed by atoms with Gasteiger partial charge in [-0.3, -0.25) is 4.79 Å². The summed E-state index contributed by atoms with van der Waals surface area (Å²) in [4.78, 5) is 18.6. The van der Waals surface area contributed by atoms with E-state index >= 15 is 0 Å². The van der Waals surface area contributed by atoms with E-state index in [0.717, 1.165) is 31.4 Å². The molecule has 0 amide bonds. The molecule has 1 saturated heterocycles. The lowest BCUT2D eigenvalue weighted by Crippen LogP contribution is -2.66. The van der Waals surface area contributed by atoms with Crippen LogP contribution in [-0.4, -0.2) is 41.7 Å². The Morgan fingerprint density at radius 3 is 2.55 bits per heavy atom. The summed E-state index contributed by atoms with van der Waals surface area (Å²) in [7, 11) is 0. The average molecular weight is 438 g/mol. The normalized spacial score (nSPS) is 35.6. The minimum atomic E-state index is -4.42. The molecule has 9 heteroatoms. The molecule has 1 aromatic carbocycles. The zero-order valence-corrected chi connectivity index (χ0v) is 17.2. The lowest BCUT2D eigenvalue weighted by Gasteiger charge is -2.54. The van der Waals surface area contributed by atoms with E-state index in [2.05, 4.69) is 5.16 Å². The number of halogens is 3. The van der Waals surface area contributed by atoms with Crippen molar-refractivity contribution in [3.05, 3.63) is 40.6 Å². The van der Waals surface area contributed by atoms with Crippen molar-refractivity contribution in [1.82, 2.24) is 0 Å². The number of rotatable bonds is 4. The number of carbonyl (C=O) groups is 1. The molecule has 3 fully saturated rings. The van der Waals surface area contributed by atoms with Gasteiger partial charge in [-0.25, -0.2) is 0 Å². The van der Waals surface area contributed by atoms with Crippen LogP contribution in [-0.2, 0) is 20.5 Å². The fourth-order valence-electron chi connectivity index (χ4n) is 6.21. The lowest BCUT2D eigenvalue weighted by atomic mass is 9.75. The van der Waals surface area contributed by atoms with E-state index < -0.39 is 22.1 Å². The Morgan fingerprint density at radius 2 is 1.94 bits per heavy atom. The van der Waals surface area contributed by atoms with Crippen LogP contribution in [0.15, 0.2) is 29.4 Å². The molecule has 5 unspecified atom stereocenters. The Hall–Kier alpha value is -2.13. The van der Waals surface area contributed by atoms with E-state index in [-0.39, 0.29) is 36.2 Å². The molecule has 0 N–H and O–H groups in total. The largest absolute Gasteiger partial charge is 0.630 e. The molecule has 168 valence electrons. The summed E-state index contributed by atoms with van der Waals surface area (Å²) in [5, 5.41) is 18.3. The summed E-state index contributed by atoms with van der Waals surface area (Å²) in [6, 6.07) is 4.84. The number of carbonyl (C=O) groups excluding carboxylic acids is 1. The zero-order chi connectivity index (χ0) is 22.0. The van der Waals surface area contributed by atoms with Gasteiger partial charge < -0.3 is 19.4 Å². The van der Waals surface area contributed by atoms with Crippen molar-refractivity contribution in [2.24, 2.45) is 28.8 Å². The molecule has 2 aliphatic carbocycles. The van der Waals surface area contributed by atoms with Crippen molar-refractivity contribution < 1.29 is 32.2 Å². The van der Waals surface area contributed by atoms with Crippen LogP contribution in [0.5, 0.6) is 0 Å². The highest BCUT2D eigenvalue weighted by Crippen LogP contribution is 2.68. The van der Waals surface area contributed by atoms with E-state index in [9.17, 15) is 23.2 Å². The highest BCUT2D eigenvalue weighted by atomic mass is 19.4. The molecule has 5 atom stereocenters. The standard InChI is InChI=1S/C22H25F3N2O4/c1-2-30-20(28)17-15-9-10-16-19(13-5-7-14(8-6-13)22(23,24)25)26-31-21(16,18(15)17)27(29)11-3-4-12-27/h5-8,15-18H,2-4,9-12H2,1H3. The van der Waals surface area contributed by atoms with Crippen molar-refractivity contribution in [3.63, 3.8) is 0 Å². The first-order chi connectivity index (χ1) is 14.7. The topological polar surface area (TPSA) is 71.0 Å². The minimum absolute atomic E-state index is 0.0296. The van der Waals surface area contributed by atoms with E-state index in [4.69, 9.17) is 9.57 Å². The van der Waals surface area contributed by atoms with Crippen LogP contribution in [0.25, 0.3) is 0 Å². The highest BCUT2D eigenvalue weighted by molar-refractivity contribution is 6.03. The van der Waals surface area contributed by atoms with Crippen LogP contribution in [0.4, 0.5) is 13.2 Å². The molecule has 6 nitrogen and oxygen atoms in total. The summed E-state index contributed by atoms with van der Waals surface area (Å²) in [6.07, 6.45) is -1.52. The zero-order valence-electron chi connectivity index (χ0n) is 17.2. The third-order valence-corrected chi connectivity index (χ3v) is 7.55. The van der Waals surface area contributed by atoms with Crippen LogP contribution in [0.2, 0.25) is 0 Å². The van der Waals surface area contributed by atoms with Crippen molar-refractivity contribution in [2.45, 2.75) is 44.5 Å². The Balaban J connectivity index is 1.50. The highest BCUT2D eigenvalue weighted by Gasteiger charge is 2.79. The number of hydrogen-bond donors (Lipinski definition) is 0. The number of hydrogen-bond acceptors (Lipinski definition) is 5. The Bertz CT molecular complexity index is 910. The van der Waals surface area contributed by atoms with Gasteiger partial charge in [-0.2, -0.15) is 13.2 Å². The van der Waals surface area contributed by atoms with E-state index in [1.54, 1.807) is 6.92 Å². The van der Waals surface area contributed by atoms with Gasteiger partial charge in [0.1, 0.15) is 11.6 Å². The molecule has 1 aromatic rings. The fourth-order valence-corrected chi connectivity index (χ4v) is 6.21. The van der Waals surface area contributed by atoms with Gasteiger partial charge in [-0.05, 0) is 37.8 Å². The van der Waals surface area contributed by atoms with Crippen LogP contribution < -0.4 is 0 Å². The Labute approximate surface area is 178 Å². The molecule has 0 bridgehead atoms. The van der Waals surface area contributed by atoms with Crippen molar-refractivity contribution in [3.8, 4) is 0 Å². The molecular formula is C22H25F3N2O4. The third kappa shape index (κ3) is 2.92. The number of esters is 1. The van der Waals surface area contributed by atoms with E-state index in [0.29, 0.717) is 30.8 Å². The van der Waals surface area contributed by atoms with Gasteiger partial charge in [0.25, 0.3) is 5.72 Å². The van der Waals surface area contributed by atoms with Gasteiger partial charge in [0.2, 0.25) is 0 Å².